The number of rotatable bonds is 3. The van der Waals surface area contributed by atoms with Crippen LogP contribution in [0.1, 0.15) is 12.5 Å². The summed E-state index contributed by atoms with van der Waals surface area (Å²) in [5.41, 5.74) is -0.000368. The molecule has 1 aromatic rings. The fraction of sp³-hybridized carbons (Fsp3) is 0.400. The van der Waals surface area contributed by atoms with Gasteiger partial charge in [-0.05, 0) is 5.56 Å². The zero-order valence-corrected chi connectivity index (χ0v) is 11.7. The third-order valence-electron chi connectivity index (χ3n) is 4.27. The fourth-order valence-electron chi connectivity index (χ4n) is 3.22. The quantitative estimate of drug-likeness (QED) is 0.829. The summed E-state index contributed by atoms with van der Waals surface area (Å²) in [5, 5.41) is 2.41. The summed E-state index contributed by atoms with van der Waals surface area (Å²) < 4.78 is 5.11. The van der Waals surface area contributed by atoms with Gasteiger partial charge in [0.1, 0.15) is 0 Å². The largest absolute Gasteiger partial charge is 0.465 e. The summed E-state index contributed by atoms with van der Waals surface area (Å²) in [5.74, 6) is -0.943. The molecule has 21 heavy (non-hydrogen) atoms. The Morgan fingerprint density at radius 1 is 1.38 bits per heavy atom. The van der Waals surface area contributed by atoms with Gasteiger partial charge in [0.15, 0.2) is 0 Å². The molecule has 0 aliphatic carbocycles. The topological polar surface area (TPSA) is 75.7 Å². The number of nitrogens with one attached hydrogen (secondary N) is 1. The lowest BCUT2D eigenvalue weighted by Gasteiger charge is -2.35. The highest BCUT2D eigenvalue weighted by Gasteiger charge is 2.58. The van der Waals surface area contributed by atoms with Gasteiger partial charge in [-0.2, -0.15) is 0 Å². The Hall–Kier alpha value is -2.37. The van der Waals surface area contributed by atoms with Crippen LogP contribution < -0.4 is 5.32 Å². The van der Waals surface area contributed by atoms with Crippen molar-refractivity contribution >= 4 is 17.9 Å². The molecule has 2 fully saturated rings. The van der Waals surface area contributed by atoms with Gasteiger partial charge in [0.2, 0.25) is 5.91 Å². The molecule has 0 saturated carbocycles. The first kappa shape index (κ1) is 13.6. The number of esters is 1. The van der Waals surface area contributed by atoms with Gasteiger partial charge in [-0.15, -0.1) is 0 Å². The maximum absolute atomic E-state index is 12.5. The van der Waals surface area contributed by atoms with Gasteiger partial charge in [0.25, 0.3) is 0 Å². The molecule has 2 aliphatic rings. The van der Waals surface area contributed by atoms with Crippen LogP contribution in [0.15, 0.2) is 30.3 Å². The number of hydrogen-bond donors (Lipinski definition) is 1. The smallest absolute Gasteiger partial charge is 0.324 e. The molecule has 0 radical (unpaired) electrons. The molecule has 0 spiro atoms. The number of fused-ring (bicyclic) bond motifs is 2. The SMILES string of the molecule is CC(=O)OC[C@H]1CN2C[C@@]1(c1ccccc1)C(=O)NC2=O. The number of amides is 3. The Kier molecular flexibility index (Phi) is 3.16. The van der Waals surface area contributed by atoms with E-state index >= 15 is 0 Å². The minimum Gasteiger partial charge on any atom is -0.465 e. The van der Waals surface area contributed by atoms with Crippen molar-refractivity contribution in [2.75, 3.05) is 19.7 Å². The van der Waals surface area contributed by atoms with E-state index in [4.69, 9.17) is 4.74 Å². The molecule has 2 atom stereocenters. The third-order valence-corrected chi connectivity index (χ3v) is 4.27. The third kappa shape index (κ3) is 2.07. The van der Waals surface area contributed by atoms with Crippen LogP contribution in [-0.2, 0) is 19.7 Å². The molecular formula is C15H16N2O4. The molecule has 2 saturated heterocycles. The standard InChI is InChI=1S/C15H16N2O4/c1-10(18)21-8-12-7-17-9-15(12,13(19)16-14(17)20)11-5-3-2-4-6-11/h2-6,12H,7-9H2,1H3,(H,16,19,20)/t12-,15+/m1/s1. The van der Waals surface area contributed by atoms with Gasteiger partial charge >= 0.3 is 12.0 Å². The Balaban J connectivity index is 2.01. The van der Waals surface area contributed by atoms with Gasteiger partial charge in [-0.3, -0.25) is 14.9 Å². The fourth-order valence-corrected chi connectivity index (χ4v) is 3.22. The lowest BCUT2D eigenvalue weighted by atomic mass is 9.71. The van der Waals surface area contributed by atoms with Gasteiger partial charge in [-0.25, -0.2) is 4.79 Å². The van der Waals surface area contributed by atoms with E-state index in [2.05, 4.69) is 5.32 Å². The van der Waals surface area contributed by atoms with Gasteiger partial charge in [0.05, 0.1) is 12.0 Å². The molecule has 1 N–H and O–H groups in total. The maximum atomic E-state index is 12.5. The summed E-state index contributed by atoms with van der Waals surface area (Å²) in [7, 11) is 0. The minimum atomic E-state index is -0.843. The summed E-state index contributed by atoms with van der Waals surface area (Å²) in [4.78, 5) is 37.0. The molecule has 0 unspecified atom stereocenters. The highest BCUT2D eigenvalue weighted by atomic mass is 16.5. The number of ether oxygens (including phenoxy) is 1. The molecule has 2 heterocycles. The van der Waals surface area contributed by atoms with E-state index < -0.39 is 5.41 Å². The second-order valence-electron chi connectivity index (χ2n) is 5.48. The van der Waals surface area contributed by atoms with Crippen molar-refractivity contribution in [1.29, 1.82) is 0 Å². The molecule has 2 aliphatic heterocycles. The minimum absolute atomic E-state index is 0.126. The number of benzene rings is 1. The van der Waals surface area contributed by atoms with E-state index in [0.717, 1.165) is 5.56 Å². The van der Waals surface area contributed by atoms with Crippen LogP contribution in [0.5, 0.6) is 0 Å². The number of imide groups is 1. The Morgan fingerprint density at radius 2 is 2.10 bits per heavy atom. The molecule has 3 rings (SSSR count). The van der Waals surface area contributed by atoms with Crippen molar-refractivity contribution in [1.82, 2.24) is 10.2 Å². The van der Waals surface area contributed by atoms with Crippen LogP contribution in [0.4, 0.5) is 4.79 Å². The Bertz CT molecular complexity index is 601. The number of carbonyl (C=O) groups is 3. The predicted molar refractivity (Wildman–Crippen MR) is 73.4 cm³/mol. The van der Waals surface area contributed by atoms with Crippen molar-refractivity contribution in [3.63, 3.8) is 0 Å². The molecule has 0 aromatic heterocycles. The van der Waals surface area contributed by atoms with Crippen molar-refractivity contribution in [2.45, 2.75) is 12.3 Å². The molecule has 6 nitrogen and oxygen atoms in total. The van der Waals surface area contributed by atoms with Crippen molar-refractivity contribution in [2.24, 2.45) is 5.92 Å². The molecule has 110 valence electrons. The highest BCUT2D eigenvalue weighted by Crippen LogP contribution is 2.42. The van der Waals surface area contributed by atoms with Crippen LogP contribution >= 0.6 is 0 Å². The van der Waals surface area contributed by atoms with E-state index in [0.29, 0.717) is 13.1 Å². The van der Waals surface area contributed by atoms with Crippen LogP contribution in [-0.4, -0.2) is 42.5 Å². The normalized spacial score (nSPS) is 27.5. The average molecular weight is 288 g/mol. The van der Waals surface area contributed by atoms with Gasteiger partial charge in [0, 0.05) is 25.9 Å². The summed E-state index contributed by atoms with van der Waals surface area (Å²) in [6.45, 7) is 2.19. The summed E-state index contributed by atoms with van der Waals surface area (Å²) in [6, 6.07) is 8.97. The number of hydrogen-bond acceptors (Lipinski definition) is 4. The monoisotopic (exact) mass is 288 g/mol. The van der Waals surface area contributed by atoms with Crippen LogP contribution in [0.2, 0.25) is 0 Å². The Labute approximate surface area is 122 Å². The summed E-state index contributed by atoms with van der Waals surface area (Å²) >= 11 is 0. The van der Waals surface area contributed by atoms with E-state index in [1.807, 2.05) is 30.3 Å². The van der Waals surface area contributed by atoms with E-state index in [1.54, 1.807) is 4.90 Å². The van der Waals surface area contributed by atoms with E-state index in [-0.39, 0.29) is 30.4 Å². The Morgan fingerprint density at radius 3 is 2.76 bits per heavy atom. The zero-order chi connectivity index (χ0) is 15.0. The second kappa shape index (κ2) is 4.87. The van der Waals surface area contributed by atoms with Crippen molar-refractivity contribution < 1.29 is 19.1 Å². The van der Waals surface area contributed by atoms with E-state index in [1.165, 1.54) is 6.92 Å². The number of urea groups is 1. The molecule has 1 aromatic carbocycles. The maximum Gasteiger partial charge on any atom is 0.324 e. The van der Waals surface area contributed by atoms with Gasteiger partial charge in [-0.1, -0.05) is 30.3 Å². The predicted octanol–water partition coefficient (Wildman–Crippen LogP) is 0.669. The van der Waals surface area contributed by atoms with Crippen LogP contribution in [0, 0.1) is 5.92 Å². The first-order valence-corrected chi connectivity index (χ1v) is 6.83. The molecule has 2 bridgehead atoms. The van der Waals surface area contributed by atoms with Gasteiger partial charge < -0.3 is 9.64 Å². The lowest BCUT2D eigenvalue weighted by Crippen LogP contribution is -2.58. The lowest BCUT2D eigenvalue weighted by molar-refractivity contribution is -0.144. The first-order chi connectivity index (χ1) is 10.0. The first-order valence-electron chi connectivity index (χ1n) is 6.83. The molecular weight excluding hydrogens is 272 g/mol. The van der Waals surface area contributed by atoms with Crippen LogP contribution in [0.25, 0.3) is 0 Å². The van der Waals surface area contributed by atoms with Crippen molar-refractivity contribution in [3.8, 4) is 0 Å². The van der Waals surface area contributed by atoms with Crippen LogP contribution in [0.3, 0.4) is 0 Å². The second-order valence-corrected chi connectivity index (χ2v) is 5.48. The number of nitrogens with zero attached hydrogens (tertiary/aromatic N) is 1. The average Bonchev–Trinajstić information content (AvgIpc) is 2.82. The molecule has 6 heteroatoms. The zero-order valence-electron chi connectivity index (χ0n) is 11.7. The highest BCUT2D eigenvalue weighted by molar-refractivity contribution is 6.04. The number of carbonyl (C=O) groups excluding carboxylic acids is 3. The van der Waals surface area contributed by atoms with Crippen molar-refractivity contribution in [3.05, 3.63) is 35.9 Å². The van der Waals surface area contributed by atoms with E-state index in [9.17, 15) is 14.4 Å². The summed E-state index contributed by atoms with van der Waals surface area (Å²) in [6.07, 6.45) is 0. The molecule has 3 amide bonds.